The molecule has 1 rings (SSSR count). The van der Waals surface area contributed by atoms with Gasteiger partial charge in [-0.1, -0.05) is 6.07 Å². The Bertz CT molecular complexity index is 446. The predicted molar refractivity (Wildman–Crippen MR) is 66.1 cm³/mol. The van der Waals surface area contributed by atoms with E-state index in [-0.39, 0.29) is 30.8 Å². The van der Waals surface area contributed by atoms with E-state index in [1.165, 1.54) is 13.0 Å². The zero-order chi connectivity index (χ0) is 13.5. The van der Waals surface area contributed by atoms with Crippen LogP contribution in [0.1, 0.15) is 12.5 Å². The summed E-state index contributed by atoms with van der Waals surface area (Å²) in [7, 11) is 1.65. The zero-order valence-electron chi connectivity index (χ0n) is 10.3. The number of carbonyl (C=O) groups is 2. The maximum Gasteiger partial charge on any atom is 0.302 e. The number of anilines is 1. The van der Waals surface area contributed by atoms with Crippen LogP contribution in [-0.2, 0) is 20.9 Å². The third-order valence-corrected chi connectivity index (χ3v) is 2.12. The van der Waals surface area contributed by atoms with Gasteiger partial charge in [0.25, 0.3) is 0 Å². The van der Waals surface area contributed by atoms with Gasteiger partial charge in [-0.25, -0.2) is 0 Å². The maximum absolute atomic E-state index is 11.3. The van der Waals surface area contributed by atoms with Gasteiger partial charge >= 0.3 is 5.97 Å². The third kappa shape index (κ3) is 4.42. The number of ether oxygens (including phenoxy) is 1. The zero-order valence-corrected chi connectivity index (χ0v) is 10.3. The highest BCUT2D eigenvalue weighted by Crippen LogP contribution is 2.24. The molecule has 0 aliphatic heterocycles. The number of likely N-dealkylation sites (N-methyl/N-ethyl adjacent to an activating group) is 1. The van der Waals surface area contributed by atoms with Crippen molar-refractivity contribution in [1.82, 2.24) is 5.32 Å². The lowest BCUT2D eigenvalue weighted by atomic mass is 10.2. The van der Waals surface area contributed by atoms with Crippen molar-refractivity contribution in [1.29, 1.82) is 0 Å². The Kier molecular flexibility index (Phi) is 5.13. The molecule has 6 heteroatoms. The number of hydrogen-bond donors (Lipinski definition) is 3. The fourth-order valence-electron chi connectivity index (χ4n) is 1.31. The van der Waals surface area contributed by atoms with Crippen LogP contribution in [0.5, 0.6) is 5.75 Å². The number of rotatable bonds is 5. The first-order chi connectivity index (χ1) is 8.52. The van der Waals surface area contributed by atoms with Crippen LogP contribution in [0.15, 0.2) is 18.2 Å². The van der Waals surface area contributed by atoms with Gasteiger partial charge in [0.15, 0.2) is 0 Å². The SMILES string of the molecule is CNCC(=O)Nc1ccc(COC(C)=O)cc1O. The molecule has 0 bridgehead atoms. The van der Waals surface area contributed by atoms with Gasteiger partial charge in [0.2, 0.25) is 5.91 Å². The Morgan fingerprint density at radius 1 is 1.39 bits per heavy atom. The number of nitrogens with one attached hydrogen (secondary N) is 2. The Morgan fingerprint density at radius 2 is 2.11 bits per heavy atom. The summed E-state index contributed by atoms with van der Waals surface area (Å²) in [6.07, 6.45) is 0. The summed E-state index contributed by atoms with van der Waals surface area (Å²) in [6, 6.07) is 4.66. The van der Waals surface area contributed by atoms with Crippen molar-refractivity contribution >= 4 is 17.6 Å². The summed E-state index contributed by atoms with van der Waals surface area (Å²) in [5, 5.41) is 14.9. The van der Waals surface area contributed by atoms with Crippen molar-refractivity contribution in [3.63, 3.8) is 0 Å². The van der Waals surface area contributed by atoms with Gasteiger partial charge in [-0.15, -0.1) is 0 Å². The molecule has 0 atom stereocenters. The van der Waals surface area contributed by atoms with Crippen LogP contribution in [0, 0.1) is 0 Å². The van der Waals surface area contributed by atoms with E-state index in [4.69, 9.17) is 4.74 Å². The quantitative estimate of drug-likeness (QED) is 0.528. The molecule has 0 saturated heterocycles. The summed E-state index contributed by atoms with van der Waals surface area (Å²) in [5.41, 5.74) is 0.969. The number of hydrogen-bond acceptors (Lipinski definition) is 5. The molecule has 0 heterocycles. The average molecular weight is 252 g/mol. The minimum Gasteiger partial charge on any atom is -0.506 e. The normalized spacial score (nSPS) is 9.89. The number of benzene rings is 1. The van der Waals surface area contributed by atoms with Crippen molar-refractivity contribution in [2.45, 2.75) is 13.5 Å². The standard InChI is InChI=1S/C12H16N2O4/c1-8(15)18-7-9-3-4-10(11(16)5-9)14-12(17)6-13-2/h3-5,13,16H,6-7H2,1-2H3,(H,14,17). The van der Waals surface area contributed by atoms with E-state index in [1.807, 2.05) is 0 Å². The summed E-state index contributed by atoms with van der Waals surface area (Å²) >= 11 is 0. The molecule has 18 heavy (non-hydrogen) atoms. The van der Waals surface area contributed by atoms with Crippen LogP contribution in [0.2, 0.25) is 0 Å². The highest BCUT2D eigenvalue weighted by molar-refractivity contribution is 5.93. The molecule has 0 saturated carbocycles. The van der Waals surface area contributed by atoms with Gasteiger partial charge < -0.3 is 20.5 Å². The minimum absolute atomic E-state index is 0.0656. The fraction of sp³-hybridized carbons (Fsp3) is 0.333. The molecule has 98 valence electrons. The number of phenols is 1. The van der Waals surface area contributed by atoms with E-state index in [0.717, 1.165) is 0 Å². The lowest BCUT2D eigenvalue weighted by Gasteiger charge is -2.09. The third-order valence-electron chi connectivity index (χ3n) is 2.12. The van der Waals surface area contributed by atoms with Gasteiger partial charge in [-0.2, -0.15) is 0 Å². The van der Waals surface area contributed by atoms with E-state index >= 15 is 0 Å². The number of aromatic hydroxyl groups is 1. The van der Waals surface area contributed by atoms with Crippen LogP contribution in [0.3, 0.4) is 0 Å². The highest BCUT2D eigenvalue weighted by atomic mass is 16.5. The Hall–Kier alpha value is -2.08. The van der Waals surface area contributed by atoms with Crippen molar-refractivity contribution in [2.75, 3.05) is 18.9 Å². The first-order valence-electron chi connectivity index (χ1n) is 5.42. The molecule has 0 aromatic heterocycles. The molecule has 0 radical (unpaired) electrons. The molecule has 0 fully saturated rings. The second kappa shape index (κ2) is 6.61. The molecule has 6 nitrogen and oxygen atoms in total. The van der Waals surface area contributed by atoms with Crippen LogP contribution >= 0.6 is 0 Å². The second-order valence-electron chi connectivity index (χ2n) is 3.71. The smallest absolute Gasteiger partial charge is 0.302 e. The van der Waals surface area contributed by atoms with E-state index in [9.17, 15) is 14.7 Å². The number of phenolic OH excluding ortho intramolecular Hbond substituents is 1. The fourth-order valence-corrected chi connectivity index (χ4v) is 1.31. The van der Waals surface area contributed by atoms with E-state index < -0.39 is 0 Å². The Morgan fingerprint density at radius 3 is 2.67 bits per heavy atom. The van der Waals surface area contributed by atoms with E-state index in [2.05, 4.69) is 10.6 Å². The Balaban J connectivity index is 2.67. The minimum atomic E-state index is -0.388. The summed E-state index contributed by atoms with van der Waals surface area (Å²) in [5.74, 6) is -0.703. The number of amides is 1. The lowest BCUT2D eigenvalue weighted by molar-refractivity contribution is -0.142. The maximum atomic E-state index is 11.3. The molecular weight excluding hydrogens is 236 g/mol. The first-order valence-corrected chi connectivity index (χ1v) is 5.42. The molecule has 1 aromatic rings. The van der Waals surface area contributed by atoms with E-state index in [0.29, 0.717) is 11.3 Å². The molecule has 0 unspecified atom stereocenters. The van der Waals surface area contributed by atoms with Crippen LogP contribution in [0.4, 0.5) is 5.69 Å². The van der Waals surface area contributed by atoms with Crippen LogP contribution < -0.4 is 10.6 Å². The summed E-state index contributed by atoms with van der Waals surface area (Å²) < 4.78 is 4.80. The molecule has 0 aliphatic carbocycles. The number of carbonyl (C=O) groups excluding carboxylic acids is 2. The van der Waals surface area contributed by atoms with Crippen LogP contribution in [-0.4, -0.2) is 30.6 Å². The van der Waals surface area contributed by atoms with Gasteiger partial charge in [0.1, 0.15) is 12.4 Å². The highest BCUT2D eigenvalue weighted by Gasteiger charge is 2.07. The summed E-state index contributed by atoms with van der Waals surface area (Å²) in [6.45, 7) is 1.56. The first kappa shape index (κ1) is 14.0. The van der Waals surface area contributed by atoms with E-state index in [1.54, 1.807) is 19.2 Å². The van der Waals surface area contributed by atoms with Crippen LogP contribution in [0.25, 0.3) is 0 Å². The predicted octanol–water partition coefficient (Wildman–Crippen LogP) is 0.613. The van der Waals surface area contributed by atoms with Gasteiger partial charge in [-0.3, -0.25) is 9.59 Å². The van der Waals surface area contributed by atoms with Crippen molar-refractivity contribution in [3.8, 4) is 5.75 Å². The number of esters is 1. The molecule has 1 aromatic carbocycles. The lowest BCUT2D eigenvalue weighted by Crippen LogP contribution is -2.25. The van der Waals surface area contributed by atoms with Gasteiger partial charge in [0, 0.05) is 6.92 Å². The van der Waals surface area contributed by atoms with Crippen molar-refractivity contribution in [3.05, 3.63) is 23.8 Å². The largest absolute Gasteiger partial charge is 0.506 e. The summed E-state index contributed by atoms with van der Waals surface area (Å²) in [4.78, 5) is 21.9. The van der Waals surface area contributed by atoms with Crippen molar-refractivity contribution in [2.24, 2.45) is 0 Å². The van der Waals surface area contributed by atoms with Gasteiger partial charge in [-0.05, 0) is 24.7 Å². The monoisotopic (exact) mass is 252 g/mol. The molecule has 1 amide bonds. The topological polar surface area (TPSA) is 87.7 Å². The Labute approximate surface area is 105 Å². The molecule has 3 N–H and O–H groups in total. The molecule has 0 aliphatic rings. The second-order valence-corrected chi connectivity index (χ2v) is 3.71. The average Bonchev–Trinajstić information content (AvgIpc) is 2.30. The molecule has 0 spiro atoms. The molecular formula is C12H16N2O4. The van der Waals surface area contributed by atoms with Gasteiger partial charge in [0.05, 0.1) is 12.2 Å². The van der Waals surface area contributed by atoms with Crippen molar-refractivity contribution < 1.29 is 19.4 Å².